The molecule has 0 radical (unpaired) electrons. The number of benzene rings is 4. The van der Waals surface area contributed by atoms with Gasteiger partial charge in [-0.25, -0.2) is 19.2 Å². The van der Waals surface area contributed by atoms with E-state index in [0.29, 0.717) is 0 Å². The van der Waals surface area contributed by atoms with Crippen LogP contribution in [0.25, 0.3) is 0 Å². The molecule has 2 aliphatic heterocycles. The number of esters is 2. The van der Waals surface area contributed by atoms with E-state index in [1.807, 2.05) is 36.4 Å². The van der Waals surface area contributed by atoms with Crippen molar-refractivity contribution in [3.63, 3.8) is 0 Å². The molecule has 4 atom stereocenters. The first-order valence-electron chi connectivity index (χ1n) is 17.1. The van der Waals surface area contributed by atoms with Crippen LogP contribution < -0.4 is 0 Å². The van der Waals surface area contributed by atoms with Gasteiger partial charge in [0.05, 0.1) is 23.2 Å². The first-order chi connectivity index (χ1) is 25.2. The van der Waals surface area contributed by atoms with E-state index < -0.39 is 36.1 Å². The number of hydroxylamine groups is 4. The predicted octanol–water partition coefficient (Wildman–Crippen LogP) is 6.81. The minimum absolute atomic E-state index is 0.0253. The summed E-state index contributed by atoms with van der Waals surface area (Å²) in [7, 11) is 0. The second-order valence-corrected chi connectivity index (χ2v) is 12.2. The number of carbonyl (C=O) groups excluding carboxylic acids is 2. The largest absolute Gasteiger partial charge is 0.478 e. The molecule has 274 valence electrons. The highest BCUT2D eigenvalue weighted by Gasteiger charge is 2.41. The van der Waals surface area contributed by atoms with Crippen LogP contribution in [0.1, 0.15) is 82.5 Å². The molecule has 4 aromatic carbocycles. The minimum atomic E-state index is -2.21. The minimum Gasteiger partial charge on any atom is -0.478 e. The lowest BCUT2D eigenvalue weighted by Gasteiger charge is -2.30. The third-order valence-corrected chi connectivity index (χ3v) is 8.57. The van der Waals surface area contributed by atoms with Crippen molar-refractivity contribution < 1.29 is 49.3 Å². The Bertz CT molecular complexity index is 1570. The Hall–Kier alpha value is -5.40. The maximum absolute atomic E-state index is 12.0. The first kappa shape index (κ1) is 39.4. The van der Waals surface area contributed by atoms with Crippen molar-refractivity contribution in [2.24, 2.45) is 0 Å². The van der Waals surface area contributed by atoms with Gasteiger partial charge in [0.15, 0.2) is 0 Å². The number of hydrogen-bond donors (Lipinski definition) is 4. The molecule has 4 unspecified atom stereocenters. The zero-order chi connectivity index (χ0) is 37.3. The molecule has 2 aliphatic rings. The van der Waals surface area contributed by atoms with Crippen LogP contribution in [0.4, 0.5) is 0 Å². The molecule has 0 amide bonds. The number of ether oxygens (including phenoxy) is 2. The van der Waals surface area contributed by atoms with E-state index in [4.69, 9.17) is 9.47 Å². The zero-order valence-corrected chi connectivity index (χ0v) is 28.6. The normalized spacial score (nSPS) is 18.5. The van der Waals surface area contributed by atoms with Gasteiger partial charge < -0.3 is 30.1 Å². The van der Waals surface area contributed by atoms with Crippen LogP contribution in [0, 0.1) is 0 Å². The molecule has 2 fully saturated rings. The lowest BCUT2D eigenvalue weighted by Crippen LogP contribution is -2.45. The quantitative estimate of drug-likeness (QED) is 0.134. The van der Waals surface area contributed by atoms with Crippen molar-refractivity contribution >= 4 is 23.9 Å². The molecular formula is C40H44N2O10. The standard InChI is InChI=1S/C18H14O8.2C11H15NO/c19-15(20)13(25-17(23)11-7-3-1-4-8-11)14(16(21)22)26-18(24)12-9-5-2-6-10-12;2*13-12-9-5-4-8-11(12)10-6-2-1-3-7-10/h1-10,13-14H,(H,19,20)(H,21,22);2*1-3,6-7,11,13H,4-5,8-9H2. The molecule has 0 aliphatic carbocycles. The fourth-order valence-electron chi connectivity index (χ4n) is 5.86. The summed E-state index contributed by atoms with van der Waals surface area (Å²) in [5, 5.41) is 40.7. The Balaban J connectivity index is 0.000000193. The summed E-state index contributed by atoms with van der Waals surface area (Å²) in [5.74, 6) is -5.63. The molecule has 12 heteroatoms. The summed E-state index contributed by atoms with van der Waals surface area (Å²) in [6, 6.07) is 35.7. The highest BCUT2D eigenvalue weighted by molar-refractivity contribution is 5.95. The highest BCUT2D eigenvalue weighted by atomic mass is 16.6. The Morgan fingerprint density at radius 1 is 0.500 bits per heavy atom. The lowest BCUT2D eigenvalue weighted by molar-refractivity contribution is -0.166. The molecule has 2 heterocycles. The lowest BCUT2D eigenvalue weighted by atomic mass is 9.97. The Morgan fingerprint density at radius 2 is 0.808 bits per heavy atom. The molecule has 4 aromatic rings. The Kier molecular flexibility index (Phi) is 15.5. The molecule has 4 N–H and O–H groups in total. The second kappa shape index (κ2) is 20.4. The summed E-state index contributed by atoms with van der Waals surface area (Å²) in [5.41, 5.74) is 2.50. The van der Waals surface area contributed by atoms with Crippen molar-refractivity contribution in [1.82, 2.24) is 10.1 Å². The fraction of sp³-hybridized carbons (Fsp3) is 0.300. The molecule has 0 aromatic heterocycles. The summed E-state index contributed by atoms with van der Waals surface area (Å²) < 4.78 is 9.52. The summed E-state index contributed by atoms with van der Waals surface area (Å²) >= 11 is 0. The number of carboxylic acid groups (broad SMARTS) is 2. The van der Waals surface area contributed by atoms with Crippen LogP contribution in [-0.2, 0) is 19.1 Å². The number of carbonyl (C=O) groups is 4. The van der Waals surface area contributed by atoms with Gasteiger partial charge in [-0.15, -0.1) is 0 Å². The van der Waals surface area contributed by atoms with E-state index in [-0.39, 0.29) is 23.2 Å². The Morgan fingerprint density at radius 3 is 1.10 bits per heavy atom. The average molecular weight is 713 g/mol. The van der Waals surface area contributed by atoms with Gasteiger partial charge in [0.25, 0.3) is 0 Å². The molecule has 2 saturated heterocycles. The van der Waals surface area contributed by atoms with Crippen molar-refractivity contribution in [2.45, 2.75) is 62.8 Å². The monoisotopic (exact) mass is 712 g/mol. The third-order valence-electron chi connectivity index (χ3n) is 8.57. The number of piperidine rings is 2. The van der Waals surface area contributed by atoms with Crippen LogP contribution in [0.2, 0.25) is 0 Å². The summed E-state index contributed by atoms with van der Waals surface area (Å²) in [4.78, 5) is 46.8. The van der Waals surface area contributed by atoms with E-state index in [0.717, 1.165) is 38.8 Å². The third kappa shape index (κ3) is 11.8. The molecular weight excluding hydrogens is 668 g/mol. The zero-order valence-electron chi connectivity index (χ0n) is 28.6. The summed E-state index contributed by atoms with van der Waals surface area (Å²) in [6.45, 7) is 1.61. The van der Waals surface area contributed by atoms with Crippen molar-refractivity contribution in [3.8, 4) is 0 Å². The number of aliphatic carboxylic acids is 2. The van der Waals surface area contributed by atoms with Crippen LogP contribution in [0.5, 0.6) is 0 Å². The van der Waals surface area contributed by atoms with Gasteiger partial charge in [0.2, 0.25) is 12.2 Å². The van der Waals surface area contributed by atoms with Crippen LogP contribution in [0.3, 0.4) is 0 Å². The smallest absolute Gasteiger partial charge is 0.349 e. The fourth-order valence-corrected chi connectivity index (χ4v) is 5.86. The molecule has 0 saturated carbocycles. The van der Waals surface area contributed by atoms with Gasteiger partial charge in [-0.1, -0.05) is 110 Å². The van der Waals surface area contributed by atoms with Crippen molar-refractivity contribution in [3.05, 3.63) is 144 Å². The van der Waals surface area contributed by atoms with Crippen molar-refractivity contribution in [1.29, 1.82) is 0 Å². The van der Waals surface area contributed by atoms with E-state index in [2.05, 4.69) is 24.3 Å². The molecule has 6 rings (SSSR count). The second-order valence-electron chi connectivity index (χ2n) is 12.2. The van der Waals surface area contributed by atoms with E-state index in [1.54, 1.807) is 12.1 Å². The predicted molar refractivity (Wildman–Crippen MR) is 190 cm³/mol. The molecule has 0 spiro atoms. The number of hydrogen-bond acceptors (Lipinski definition) is 10. The average Bonchev–Trinajstić information content (AvgIpc) is 3.18. The topological polar surface area (TPSA) is 174 Å². The van der Waals surface area contributed by atoms with Gasteiger partial charge in [-0.05, 0) is 61.1 Å². The van der Waals surface area contributed by atoms with Crippen LogP contribution in [-0.4, -0.2) is 79.9 Å². The number of rotatable bonds is 9. The van der Waals surface area contributed by atoms with Gasteiger partial charge in [0.1, 0.15) is 0 Å². The molecule has 0 bridgehead atoms. The summed E-state index contributed by atoms with van der Waals surface area (Å²) in [6.07, 6.45) is 2.37. The van der Waals surface area contributed by atoms with E-state index in [9.17, 15) is 39.8 Å². The van der Waals surface area contributed by atoms with Crippen LogP contribution in [0.15, 0.2) is 121 Å². The van der Waals surface area contributed by atoms with Gasteiger partial charge in [-0.2, -0.15) is 10.1 Å². The van der Waals surface area contributed by atoms with Crippen molar-refractivity contribution in [2.75, 3.05) is 13.1 Å². The van der Waals surface area contributed by atoms with Gasteiger partial charge in [0, 0.05) is 13.1 Å². The van der Waals surface area contributed by atoms with E-state index in [1.165, 1.54) is 82.6 Å². The van der Waals surface area contributed by atoms with Gasteiger partial charge >= 0.3 is 23.9 Å². The first-order valence-corrected chi connectivity index (χ1v) is 17.1. The van der Waals surface area contributed by atoms with Crippen LogP contribution >= 0.6 is 0 Å². The van der Waals surface area contributed by atoms with E-state index >= 15 is 0 Å². The maximum atomic E-state index is 12.0. The van der Waals surface area contributed by atoms with Gasteiger partial charge in [-0.3, -0.25) is 0 Å². The maximum Gasteiger partial charge on any atom is 0.349 e. The Labute approximate surface area is 302 Å². The molecule has 52 heavy (non-hydrogen) atoms. The number of carboxylic acids is 2. The number of nitrogens with zero attached hydrogens (tertiary/aromatic N) is 2. The molecule has 12 nitrogen and oxygen atoms in total. The SMILES string of the molecule is O=C(OC(C(=O)O)C(OC(=O)c1ccccc1)C(=O)O)c1ccccc1.ON1CCCCC1c1ccccc1.ON1CCCCC1c1ccccc1. The highest BCUT2D eigenvalue weighted by Crippen LogP contribution is 2.29.